The summed E-state index contributed by atoms with van der Waals surface area (Å²) >= 11 is 0. The molecule has 3 aromatic heterocycles. The minimum Gasteiger partial charge on any atom is -0.384 e. The highest BCUT2D eigenvalue weighted by Gasteiger charge is 2.23. The normalized spacial score (nSPS) is 17.2. The maximum atomic E-state index is 15.2. The van der Waals surface area contributed by atoms with Crippen LogP contribution in [0.25, 0.3) is 27.7 Å². The van der Waals surface area contributed by atoms with Crippen molar-refractivity contribution in [1.82, 2.24) is 24.3 Å². The number of halogens is 2. The van der Waals surface area contributed by atoms with Crippen molar-refractivity contribution in [2.75, 3.05) is 32.8 Å². The molecule has 0 fully saturated rings. The van der Waals surface area contributed by atoms with Gasteiger partial charge in [0.05, 0.1) is 0 Å². The number of pyridine rings is 2. The molecule has 0 spiro atoms. The molecule has 0 radical (unpaired) electrons. The number of amides is 1. The molecule has 0 saturated carbocycles. The quantitative estimate of drug-likeness (QED) is 0.430. The number of carbonyl (C=O) groups is 1. The summed E-state index contributed by atoms with van der Waals surface area (Å²) < 4.78 is 76.7. The summed E-state index contributed by atoms with van der Waals surface area (Å²) in [6.07, 6.45) is 5.46. The van der Waals surface area contributed by atoms with Gasteiger partial charge in [0, 0.05) is 89.0 Å². The molecule has 1 aromatic carbocycles. The second kappa shape index (κ2) is 9.74. The van der Waals surface area contributed by atoms with Crippen LogP contribution in [0.15, 0.2) is 54.9 Å². The van der Waals surface area contributed by atoms with Gasteiger partial charge in [0.2, 0.25) is 0 Å². The number of anilines is 1. The fourth-order valence-corrected chi connectivity index (χ4v) is 4.68. The molecular formula is C28H28F2N6O. The minimum atomic E-state index is -3.33. The maximum Gasteiger partial charge on any atom is 0.253 e. The van der Waals surface area contributed by atoms with Crippen molar-refractivity contribution >= 4 is 28.3 Å². The molecule has 2 N–H and O–H groups in total. The van der Waals surface area contributed by atoms with Crippen LogP contribution < -0.4 is 5.73 Å². The van der Waals surface area contributed by atoms with Crippen LogP contribution in [0.3, 0.4) is 0 Å². The van der Waals surface area contributed by atoms with Crippen LogP contribution in [0.4, 0.5) is 14.6 Å². The smallest absolute Gasteiger partial charge is 0.253 e. The second-order valence-electron chi connectivity index (χ2n) is 8.93. The van der Waals surface area contributed by atoms with Gasteiger partial charge in [-0.15, -0.1) is 0 Å². The summed E-state index contributed by atoms with van der Waals surface area (Å²) in [5, 5.41) is 0.953. The van der Waals surface area contributed by atoms with Crippen LogP contribution in [-0.4, -0.2) is 57.3 Å². The number of fused-ring (bicyclic) bond motifs is 1. The zero-order valence-corrected chi connectivity index (χ0v) is 20.0. The lowest BCUT2D eigenvalue weighted by Crippen LogP contribution is -2.29. The van der Waals surface area contributed by atoms with Crippen LogP contribution in [0.2, 0.25) is 0 Å². The first-order valence-electron chi connectivity index (χ1n) is 14.6. The van der Waals surface area contributed by atoms with E-state index in [1.54, 1.807) is 24.5 Å². The molecule has 0 unspecified atom stereocenters. The molecule has 0 bridgehead atoms. The standard InChI is InChI=1S/C28H28F2N6O/c1-34(2)28(37)19-12-23(29)26(24(30)13-19)17-7-10-36(11-8-17)16-20-14-22-21(6-9-32-27(22)35(20)3)18-4-5-25(31)33-15-18/h4-7,9,12-15H,8,10-11,16H2,1-3H3,(H2,31,33)/i1D3,2D3. The Bertz CT molecular complexity index is 1700. The SMILES string of the molecule is [2H]C([2H])([2H])N(C(=O)c1cc(F)c(C2=CCN(Cc3cc4c(-c5ccc(N)nc5)ccnc4n3C)CC2)c(F)c1)C([2H])([2H])[2H]. The fraction of sp³-hybridized carbons (Fsp3) is 0.250. The molecule has 5 rings (SSSR count). The number of nitrogens with zero attached hydrogens (tertiary/aromatic N) is 5. The Morgan fingerprint density at radius 3 is 2.59 bits per heavy atom. The van der Waals surface area contributed by atoms with Crippen LogP contribution in [0.1, 0.15) is 36.3 Å². The van der Waals surface area contributed by atoms with E-state index in [1.807, 2.05) is 23.7 Å². The van der Waals surface area contributed by atoms with Crippen molar-refractivity contribution < 1.29 is 21.8 Å². The van der Waals surface area contributed by atoms with Crippen LogP contribution in [0.5, 0.6) is 0 Å². The van der Waals surface area contributed by atoms with E-state index >= 15 is 8.78 Å². The average molecular weight is 509 g/mol. The lowest BCUT2D eigenvalue weighted by Gasteiger charge is -2.27. The number of aryl methyl sites for hydroxylation is 1. The molecule has 0 aliphatic carbocycles. The molecule has 9 heteroatoms. The van der Waals surface area contributed by atoms with Crippen molar-refractivity contribution in [2.45, 2.75) is 13.0 Å². The summed E-state index contributed by atoms with van der Waals surface area (Å²) in [7, 11) is 1.92. The number of nitrogens with two attached hydrogens (primary N) is 1. The maximum absolute atomic E-state index is 15.2. The fourth-order valence-electron chi connectivity index (χ4n) is 4.68. The van der Waals surface area contributed by atoms with E-state index in [0.29, 0.717) is 49.6 Å². The molecule has 190 valence electrons. The van der Waals surface area contributed by atoms with Crippen LogP contribution in [-0.2, 0) is 13.6 Å². The van der Waals surface area contributed by atoms with E-state index in [1.165, 1.54) is 0 Å². The predicted molar refractivity (Wildman–Crippen MR) is 141 cm³/mol. The van der Waals surface area contributed by atoms with Gasteiger partial charge < -0.3 is 15.2 Å². The highest BCUT2D eigenvalue weighted by atomic mass is 19.1. The van der Waals surface area contributed by atoms with Crippen LogP contribution >= 0.6 is 0 Å². The number of hydrogen-bond donors (Lipinski definition) is 1. The van der Waals surface area contributed by atoms with Gasteiger partial charge in [-0.1, -0.05) is 6.08 Å². The Balaban J connectivity index is 1.36. The third kappa shape index (κ3) is 4.70. The highest BCUT2D eigenvalue weighted by Crippen LogP contribution is 2.32. The topological polar surface area (TPSA) is 80.3 Å². The molecule has 1 aliphatic rings. The molecule has 4 heterocycles. The van der Waals surface area contributed by atoms with Gasteiger partial charge >= 0.3 is 0 Å². The molecule has 4 aromatic rings. The molecule has 0 atom stereocenters. The van der Waals surface area contributed by atoms with Crippen molar-refractivity contribution in [2.24, 2.45) is 7.05 Å². The number of hydrogen-bond acceptors (Lipinski definition) is 5. The Kier molecular flexibility index (Phi) is 4.79. The van der Waals surface area contributed by atoms with Gasteiger partial charge in [0.1, 0.15) is 23.1 Å². The number of nitrogen functional groups attached to an aromatic ring is 1. The average Bonchev–Trinajstić information content (AvgIpc) is 3.23. The van der Waals surface area contributed by atoms with Gasteiger partial charge in [-0.3, -0.25) is 9.69 Å². The Labute approximate surface area is 222 Å². The zero-order valence-electron chi connectivity index (χ0n) is 26.0. The summed E-state index contributed by atoms with van der Waals surface area (Å²) in [4.78, 5) is 23.2. The van der Waals surface area contributed by atoms with Gasteiger partial charge in [-0.05, 0) is 54.0 Å². The summed E-state index contributed by atoms with van der Waals surface area (Å²) in [5.41, 5.74) is 8.76. The van der Waals surface area contributed by atoms with Crippen molar-refractivity contribution in [3.05, 3.63) is 83.3 Å². The first-order valence-corrected chi connectivity index (χ1v) is 11.6. The van der Waals surface area contributed by atoms with E-state index in [9.17, 15) is 4.79 Å². The van der Waals surface area contributed by atoms with Crippen LogP contribution in [0, 0.1) is 11.6 Å². The Hall–Kier alpha value is -4.11. The molecule has 37 heavy (non-hydrogen) atoms. The van der Waals surface area contributed by atoms with Crippen molar-refractivity contribution in [3.63, 3.8) is 0 Å². The first-order chi connectivity index (χ1) is 20.1. The largest absolute Gasteiger partial charge is 0.384 e. The lowest BCUT2D eigenvalue weighted by molar-refractivity contribution is 0.0826. The third-order valence-corrected chi connectivity index (χ3v) is 6.62. The summed E-state index contributed by atoms with van der Waals surface area (Å²) in [6, 6.07) is 8.97. The molecule has 7 nitrogen and oxygen atoms in total. The van der Waals surface area contributed by atoms with E-state index in [-0.39, 0.29) is 10.5 Å². The minimum absolute atomic E-state index is 0.308. The summed E-state index contributed by atoms with van der Waals surface area (Å²) in [6.45, 7) is -5.24. The molecule has 1 amide bonds. The molecular weight excluding hydrogens is 474 g/mol. The Morgan fingerprint density at radius 2 is 1.95 bits per heavy atom. The first kappa shape index (κ1) is 18.2. The molecule has 1 aliphatic heterocycles. The number of benzene rings is 1. The number of carbonyl (C=O) groups excluding carboxylic acids is 1. The zero-order chi connectivity index (χ0) is 31.3. The predicted octanol–water partition coefficient (Wildman–Crippen LogP) is 4.49. The van der Waals surface area contributed by atoms with Crippen molar-refractivity contribution in [3.8, 4) is 11.1 Å². The second-order valence-corrected chi connectivity index (χ2v) is 8.93. The number of aromatic nitrogens is 3. The molecule has 0 saturated heterocycles. The third-order valence-electron chi connectivity index (χ3n) is 6.62. The Morgan fingerprint density at radius 1 is 1.16 bits per heavy atom. The van der Waals surface area contributed by atoms with Gasteiger partial charge in [0.25, 0.3) is 5.91 Å². The van der Waals surface area contributed by atoms with Gasteiger partial charge in [0.15, 0.2) is 0 Å². The lowest BCUT2D eigenvalue weighted by atomic mass is 9.96. The van der Waals surface area contributed by atoms with Gasteiger partial charge in [-0.25, -0.2) is 18.7 Å². The van der Waals surface area contributed by atoms with E-state index in [4.69, 9.17) is 14.0 Å². The van der Waals surface area contributed by atoms with E-state index < -0.39 is 37.1 Å². The van der Waals surface area contributed by atoms with E-state index in [0.717, 1.165) is 27.9 Å². The van der Waals surface area contributed by atoms with E-state index in [2.05, 4.69) is 20.9 Å². The van der Waals surface area contributed by atoms with Crippen molar-refractivity contribution in [1.29, 1.82) is 0 Å². The highest BCUT2D eigenvalue weighted by molar-refractivity contribution is 5.95. The van der Waals surface area contributed by atoms with Gasteiger partial charge in [-0.2, -0.15) is 0 Å². The summed E-state index contributed by atoms with van der Waals surface area (Å²) in [5.74, 6) is -3.25. The number of rotatable bonds is 5. The monoisotopic (exact) mass is 508 g/mol.